The zero-order chi connectivity index (χ0) is 20.0. The van der Waals surface area contributed by atoms with Crippen LogP contribution in [0.4, 0.5) is 11.5 Å². The largest absolute Gasteiger partial charge is 0.382 e. The first kappa shape index (κ1) is 18.7. The first-order valence-electron chi connectivity index (χ1n) is 9.92. The van der Waals surface area contributed by atoms with Gasteiger partial charge in [-0.15, -0.1) is 0 Å². The molecule has 0 radical (unpaired) electrons. The van der Waals surface area contributed by atoms with Gasteiger partial charge in [0.1, 0.15) is 5.82 Å². The number of pyridine rings is 1. The van der Waals surface area contributed by atoms with Gasteiger partial charge in [-0.1, -0.05) is 29.8 Å². The average molecular weight is 428 g/mol. The van der Waals surface area contributed by atoms with Crippen LogP contribution in [0.1, 0.15) is 24.8 Å². The zero-order valence-electron chi connectivity index (χ0n) is 15.9. The predicted octanol–water partition coefficient (Wildman–Crippen LogP) is 4.65. The molecule has 1 saturated carbocycles. The average Bonchev–Trinajstić information content (AvgIpc) is 2.81. The van der Waals surface area contributed by atoms with E-state index >= 15 is 0 Å². The van der Waals surface area contributed by atoms with E-state index in [0.717, 1.165) is 40.8 Å². The molecule has 0 saturated heterocycles. The second-order valence-electron chi connectivity index (χ2n) is 7.81. The van der Waals surface area contributed by atoms with Crippen LogP contribution in [0.15, 0.2) is 53.4 Å². The molecule has 5 rings (SSSR count). The topological polar surface area (TPSA) is 62.3 Å². The maximum atomic E-state index is 12.7. The minimum absolute atomic E-state index is 0.0791. The maximum absolute atomic E-state index is 12.7. The molecular formula is C22H22ClN3O2S. The molecular weight excluding hydrogens is 406 g/mol. The van der Waals surface area contributed by atoms with Crippen LogP contribution < -0.4 is 10.2 Å². The number of rotatable bonds is 3. The van der Waals surface area contributed by atoms with Crippen molar-refractivity contribution in [3.8, 4) is 0 Å². The summed E-state index contributed by atoms with van der Waals surface area (Å²) >= 11 is 6.24. The Morgan fingerprint density at radius 3 is 2.72 bits per heavy atom. The highest BCUT2D eigenvalue weighted by Gasteiger charge is 2.26. The summed E-state index contributed by atoms with van der Waals surface area (Å²) in [6.45, 7) is 0.927. The van der Waals surface area contributed by atoms with Crippen LogP contribution in [0.3, 0.4) is 0 Å². The normalized spacial score (nSPS) is 18.7. The van der Waals surface area contributed by atoms with Gasteiger partial charge in [0.25, 0.3) is 0 Å². The number of fused-ring (bicyclic) bond motifs is 2. The molecule has 5 nitrogen and oxygen atoms in total. The fraction of sp³-hybridized carbons (Fsp3) is 0.318. The van der Waals surface area contributed by atoms with E-state index in [-0.39, 0.29) is 5.75 Å². The van der Waals surface area contributed by atoms with Gasteiger partial charge < -0.3 is 10.2 Å². The molecule has 2 aromatic carbocycles. The maximum Gasteiger partial charge on any atom is 0.180 e. The van der Waals surface area contributed by atoms with Gasteiger partial charge >= 0.3 is 0 Å². The highest BCUT2D eigenvalue weighted by atomic mass is 35.5. The lowest BCUT2D eigenvalue weighted by atomic mass is 9.93. The number of sulfone groups is 1. The van der Waals surface area contributed by atoms with Crippen LogP contribution in [-0.4, -0.2) is 31.7 Å². The van der Waals surface area contributed by atoms with Gasteiger partial charge in [-0.2, -0.15) is 0 Å². The van der Waals surface area contributed by atoms with Gasteiger partial charge in [0.2, 0.25) is 0 Å². The Morgan fingerprint density at radius 2 is 1.93 bits per heavy atom. The molecule has 29 heavy (non-hydrogen) atoms. The van der Waals surface area contributed by atoms with E-state index in [9.17, 15) is 8.42 Å². The molecule has 0 spiro atoms. The first-order chi connectivity index (χ1) is 14.0. The Bertz CT molecular complexity index is 1190. The molecule has 1 N–H and O–H groups in total. The molecule has 0 atom stereocenters. The lowest BCUT2D eigenvalue weighted by Crippen LogP contribution is -2.28. The molecule has 1 aliphatic heterocycles. The number of aromatic nitrogens is 1. The van der Waals surface area contributed by atoms with E-state index in [1.54, 1.807) is 12.1 Å². The number of anilines is 2. The van der Waals surface area contributed by atoms with Crippen LogP contribution >= 0.6 is 11.6 Å². The summed E-state index contributed by atoms with van der Waals surface area (Å²) in [6.07, 6.45) is 3.57. The third kappa shape index (κ3) is 3.55. The number of halogens is 1. The summed E-state index contributed by atoms with van der Waals surface area (Å²) in [7, 11) is -3.29. The van der Waals surface area contributed by atoms with Gasteiger partial charge in [0.15, 0.2) is 9.84 Å². The van der Waals surface area contributed by atoms with E-state index in [0.29, 0.717) is 29.0 Å². The summed E-state index contributed by atoms with van der Waals surface area (Å²) in [5.41, 5.74) is 2.68. The van der Waals surface area contributed by atoms with Crippen molar-refractivity contribution in [1.29, 1.82) is 0 Å². The van der Waals surface area contributed by atoms with E-state index in [2.05, 4.69) is 10.2 Å². The molecule has 0 amide bonds. The third-order valence-electron chi connectivity index (χ3n) is 5.84. The van der Waals surface area contributed by atoms with Crippen molar-refractivity contribution < 1.29 is 8.42 Å². The standard InChI is InChI=1S/C22H22ClN3O2S/c23-16-8-9-19-18(12-16)20(24-17-5-3-6-17)13-22(25-19)26-10-11-29(27,28)21-7-2-1-4-15(21)14-26/h1-2,4,7-9,12-13,17H,3,5-6,10-11,14H2,(H,24,25). The summed E-state index contributed by atoms with van der Waals surface area (Å²) in [5, 5.41) is 5.31. The van der Waals surface area contributed by atoms with E-state index in [4.69, 9.17) is 16.6 Å². The first-order valence-corrected chi connectivity index (χ1v) is 12.0. The van der Waals surface area contributed by atoms with Crippen LogP contribution in [0.2, 0.25) is 5.02 Å². The smallest absolute Gasteiger partial charge is 0.180 e. The van der Waals surface area contributed by atoms with Crippen molar-refractivity contribution in [3.63, 3.8) is 0 Å². The Kier molecular flexibility index (Phi) is 4.63. The summed E-state index contributed by atoms with van der Waals surface area (Å²) < 4.78 is 25.4. The van der Waals surface area contributed by atoms with Crippen LogP contribution in [0.5, 0.6) is 0 Å². The predicted molar refractivity (Wildman–Crippen MR) is 118 cm³/mol. The number of benzene rings is 2. The van der Waals surface area contributed by atoms with Gasteiger partial charge in [-0.25, -0.2) is 13.4 Å². The summed E-state index contributed by atoms with van der Waals surface area (Å²) in [4.78, 5) is 7.34. The van der Waals surface area contributed by atoms with Crippen molar-refractivity contribution in [1.82, 2.24) is 4.98 Å². The summed E-state index contributed by atoms with van der Waals surface area (Å²) in [5.74, 6) is 0.865. The quantitative estimate of drug-likeness (QED) is 0.659. The number of hydrogen-bond acceptors (Lipinski definition) is 5. The van der Waals surface area contributed by atoms with Crippen LogP contribution in [0.25, 0.3) is 10.9 Å². The number of nitrogens with zero attached hydrogens (tertiary/aromatic N) is 2. The Hall–Kier alpha value is -2.31. The fourth-order valence-corrected chi connectivity index (χ4v) is 5.67. The van der Waals surface area contributed by atoms with Crippen molar-refractivity contribution in [2.75, 3.05) is 22.5 Å². The fourth-order valence-electron chi connectivity index (χ4n) is 4.00. The molecule has 3 aromatic rings. The van der Waals surface area contributed by atoms with Crippen molar-refractivity contribution >= 4 is 43.8 Å². The highest BCUT2D eigenvalue weighted by Crippen LogP contribution is 2.34. The van der Waals surface area contributed by atoms with Gasteiger partial charge in [-0.3, -0.25) is 0 Å². The number of nitrogens with one attached hydrogen (secondary N) is 1. The molecule has 150 valence electrons. The van der Waals surface area contributed by atoms with Crippen LogP contribution in [-0.2, 0) is 16.4 Å². The monoisotopic (exact) mass is 427 g/mol. The third-order valence-corrected chi connectivity index (χ3v) is 7.87. The minimum atomic E-state index is -3.29. The molecule has 0 bridgehead atoms. The Morgan fingerprint density at radius 1 is 1.10 bits per heavy atom. The van der Waals surface area contributed by atoms with Crippen molar-refractivity contribution in [2.24, 2.45) is 0 Å². The molecule has 2 heterocycles. The second-order valence-corrected chi connectivity index (χ2v) is 10.3. The second kappa shape index (κ2) is 7.18. The van der Waals surface area contributed by atoms with E-state index < -0.39 is 9.84 Å². The molecule has 1 fully saturated rings. The molecule has 7 heteroatoms. The Balaban J connectivity index is 1.58. The van der Waals surface area contributed by atoms with Gasteiger partial charge in [0, 0.05) is 41.3 Å². The van der Waals surface area contributed by atoms with Crippen molar-refractivity contribution in [3.05, 3.63) is 59.1 Å². The Labute approximate surface area is 175 Å². The molecule has 0 unspecified atom stereocenters. The van der Waals surface area contributed by atoms with Gasteiger partial charge in [0.05, 0.1) is 16.2 Å². The molecule has 2 aliphatic rings. The van der Waals surface area contributed by atoms with Gasteiger partial charge in [-0.05, 0) is 49.1 Å². The van der Waals surface area contributed by atoms with Crippen LogP contribution in [0, 0.1) is 0 Å². The number of hydrogen-bond donors (Lipinski definition) is 1. The zero-order valence-corrected chi connectivity index (χ0v) is 17.5. The minimum Gasteiger partial charge on any atom is -0.382 e. The summed E-state index contributed by atoms with van der Waals surface area (Å²) in [6, 6.07) is 15.5. The molecule has 1 aliphatic carbocycles. The highest BCUT2D eigenvalue weighted by molar-refractivity contribution is 7.91. The molecule has 1 aromatic heterocycles. The van der Waals surface area contributed by atoms with Crippen molar-refractivity contribution in [2.45, 2.75) is 36.7 Å². The SMILES string of the molecule is O=S1(=O)CCN(c2cc(NC3CCC3)c3cc(Cl)ccc3n2)Cc2ccccc21. The van der Waals surface area contributed by atoms with E-state index in [1.807, 2.05) is 36.4 Å². The lowest BCUT2D eigenvalue weighted by molar-refractivity contribution is 0.446. The lowest BCUT2D eigenvalue weighted by Gasteiger charge is -2.29. The van der Waals surface area contributed by atoms with E-state index in [1.165, 1.54) is 6.42 Å².